The Morgan fingerprint density at radius 3 is 2.78 bits per heavy atom. The minimum atomic E-state index is -0.0264. The van der Waals surface area contributed by atoms with Crippen LogP contribution in [0.2, 0.25) is 0 Å². The Hall–Kier alpha value is -1.56. The molecule has 0 spiro atoms. The van der Waals surface area contributed by atoms with Crippen LogP contribution in [0, 0.1) is 0 Å². The molecule has 2 rings (SSSR count). The van der Waals surface area contributed by atoms with E-state index in [0.29, 0.717) is 44.4 Å². The largest absolute Gasteiger partial charge is 0.476 e. The molecule has 1 aromatic heterocycles. The second-order valence-corrected chi connectivity index (χ2v) is 4.04. The maximum Gasteiger partial charge on any atom is 0.261 e. The minimum absolute atomic E-state index is 0.0264. The second-order valence-electron chi connectivity index (χ2n) is 4.04. The van der Waals surface area contributed by atoms with Gasteiger partial charge >= 0.3 is 0 Å². The predicted molar refractivity (Wildman–Crippen MR) is 65.8 cm³/mol. The fourth-order valence-corrected chi connectivity index (χ4v) is 1.89. The second kappa shape index (κ2) is 5.86. The van der Waals surface area contributed by atoms with Gasteiger partial charge in [0.05, 0.1) is 19.8 Å². The van der Waals surface area contributed by atoms with Gasteiger partial charge in [-0.15, -0.1) is 5.10 Å². The van der Waals surface area contributed by atoms with Crippen molar-refractivity contribution in [1.29, 1.82) is 0 Å². The summed E-state index contributed by atoms with van der Waals surface area (Å²) in [5.41, 5.74) is 0.542. The Morgan fingerprint density at radius 1 is 1.44 bits per heavy atom. The van der Waals surface area contributed by atoms with Gasteiger partial charge in [0.15, 0.2) is 0 Å². The van der Waals surface area contributed by atoms with Crippen LogP contribution in [0.1, 0.15) is 24.2 Å². The van der Waals surface area contributed by atoms with Crippen LogP contribution < -0.4 is 4.74 Å². The number of aromatic nitrogens is 2. The fourth-order valence-electron chi connectivity index (χ4n) is 1.89. The van der Waals surface area contributed by atoms with Gasteiger partial charge in [-0.3, -0.25) is 9.48 Å². The first-order chi connectivity index (χ1) is 8.76. The Morgan fingerprint density at radius 2 is 2.17 bits per heavy atom. The smallest absolute Gasteiger partial charge is 0.261 e. The van der Waals surface area contributed by atoms with Gasteiger partial charge in [-0.2, -0.15) is 0 Å². The zero-order valence-corrected chi connectivity index (χ0v) is 10.9. The van der Waals surface area contributed by atoms with Crippen LogP contribution in [0.4, 0.5) is 0 Å². The molecule has 18 heavy (non-hydrogen) atoms. The third-order valence-electron chi connectivity index (χ3n) is 2.86. The summed E-state index contributed by atoms with van der Waals surface area (Å²) in [4.78, 5) is 14.1. The molecule has 1 aromatic rings. The van der Waals surface area contributed by atoms with E-state index in [1.54, 1.807) is 15.8 Å². The van der Waals surface area contributed by atoms with Gasteiger partial charge in [-0.05, 0) is 13.8 Å². The van der Waals surface area contributed by atoms with Crippen molar-refractivity contribution in [1.82, 2.24) is 14.7 Å². The zero-order chi connectivity index (χ0) is 13.0. The Labute approximate surface area is 106 Å². The number of hydrogen-bond donors (Lipinski definition) is 0. The number of hydrogen-bond acceptors (Lipinski definition) is 4. The molecule has 6 heteroatoms. The highest BCUT2D eigenvalue weighted by molar-refractivity contribution is 5.96. The lowest BCUT2D eigenvalue weighted by molar-refractivity contribution is 0.0300. The first kappa shape index (κ1) is 12.9. The van der Waals surface area contributed by atoms with E-state index in [9.17, 15) is 4.79 Å². The molecule has 0 atom stereocenters. The first-order valence-corrected chi connectivity index (χ1v) is 6.33. The summed E-state index contributed by atoms with van der Waals surface area (Å²) in [6, 6.07) is 0. The fraction of sp³-hybridized carbons (Fsp3) is 0.667. The quantitative estimate of drug-likeness (QED) is 0.795. The number of rotatable bonds is 4. The topological polar surface area (TPSA) is 56.6 Å². The maximum atomic E-state index is 12.4. The molecule has 0 radical (unpaired) electrons. The molecule has 1 aliphatic rings. The summed E-state index contributed by atoms with van der Waals surface area (Å²) in [5.74, 6) is 0.400. The number of carbonyl (C=O) groups is 1. The van der Waals surface area contributed by atoms with E-state index in [2.05, 4.69) is 5.10 Å². The van der Waals surface area contributed by atoms with E-state index in [0.717, 1.165) is 6.54 Å². The van der Waals surface area contributed by atoms with Gasteiger partial charge in [0, 0.05) is 25.8 Å². The normalized spacial score (nSPS) is 15.8. The van der Waals surface area contributed by atoms with Crippen molar-refractivity contribution in [2.75, 3.05) is 32.9 Å². The first-order valence-electron chi connectivity index (χ1n) is 6.33. The monoisotopic (exact) mass is 253 g/mol. The zero-order valence-electron chi connectivity index (χ0n) is 10.9. The summed E-state index contributed by atoms with van der Waals surface area (Å²) < 4.78 is 12.4. The molecule has 0 aliphatic carbocycles. The molecule has 0 N–H and O–H groups in total. The Bertz CT molecular complexity index is 411. The minimum Gasteiger partial charge on any atom is -0.476 e. The summed E-state index contributed by atoms with van der Waals surface area (Å²) in [6.45, 7) is 7.53. The molecule has 6 nitrogen and oxygen atoms in total. The molecule has 1 saturated heterocycles. The molecule has 0 bridgehead atoms. The molecule has 0 saturated carbocycles. The maximum absolute atomic E-state index is 12.4. The van der Waals surface area contributed by atoms with Crippen molar-refractivity contribution in [2.45, 2.75) is 20.4 Å². The number of morpholine rings is 1. The molecule has 1 fully saturated rings. The summed E-state index contributed by atoms with van der Waals surface area (Å²) in [6.07, 6.45) is 1.75. The van der Waals surface area contributed by atoms with Crippen molar-refractivity contribution < 1.29 is 14.3 Å². The predicted octanol–water partition coefficient (Wildman–Crippen LogP) is 0.774. The standard InChI is InChI=1S/C12H19N3O3/c1-3-15-9-10(11(13-15)18-4-2)12(16)14-5-7-17-8-6-14/h9H,3-8H2,1-2H3. The van der Waals surface area contributed by atoms with Crippen molar-refractivity contribution in [3.05, 3.63) is 11.8 Å². The Balaban J connectivity index is 2.19. The van der Waals surface area contributed by atoms with Gasteiger partial charge < -0.3 is 14.4 Å². The van der Waals surface area contributed by atoms with Gasteiger partial charge in [-0.25, -0.2) is 0 Å². The average molecular weight is 253 g/mol. The van der Waals surface area contributed by atoms with Gasteiger partial charge in [-0.1, -0.05) is 0 Å². The lowest BCUT2D eigenvalue weighted by atomic mass is 10.2. The van der Waals surface area contributed by atoms with Crippen LogP contribution in [-0.4, -0.2) is 53.5 Å². The van der Waals surface area contributed by atoms with Crippen LogP contribution in [-0.2, 0) is 11.3 Å². The molecular weight excluding hydrogens is 234 g/mol. The lowest BCUT2D eigenvalue weighted by Crippen LogP contribution is -2.40. The van der Waals surface area contributed by atoms with E-state index in [4.69, 9.17) is 9.47 Å². The molecule has 100 valence electrons. The molecule has 1 amide bonds. The number of ether oxygens (including phenoxy) is 2. The van der Waals surface area contributed by atoms with E-state index >= 15 is 0 Å². The highest BCUT2D eigenvalue weighted by Gasteiger charge is 2.24. The third-order valence-corrected chi connectivity index (χ3v) is 2.86. The lowest BCUT2D eigenvalue weighted by Gasteiger charge is -2.26. The SMILES string of the molecule is CCOc1nn(CC)cc1C(=O)N1CCOCC1. The highest BCUT2D eigenvalue weighted by atomic mass is 16.5. The van der Waals surface area contributed by atoms with Crippen molar-refractivity contribution in [2.24, 2.45) is 0 Å². The number of carbonyl (C=O) groups excluding carboxylic acids is 1. The van der Waals surface area contributed by atoms with Crippen molar-refractivity contribution >= 4 is 5.91 Å². The molecule has 0 unspecified atom stereocenters. The van der Waals surface area contributed by atoms with E-state index in [1.165, 1.54) is 0 Å². The third kappa shape index (κ3) is 2.64. The van der Waals surface area contributed by atoms with Crippen molar-refractivity contribution in [3.63, 3.8) is 0 Å². The van der Waals surface area contributed by atoms with E-state index in [1.807, 2.05) is 13.8 Å². The summed E-state index contributed by atoms with van der Waals surface area (Å²) in [7, 11) is 0. The molecule has 1 aliphatic heterocycles. The van der Waals surface area contributed by atoms with Crippen LogP contribution in [0.5, 0.6) is 5.88 Å². The van der Waals surface area contributed by atoms with Gasteiger partial charge in [0.25, 0.3) is 5.91 Å². The average Bonchev–Trinajstić information content (AvgIpc) is 2.82. The molecule has 0 aromatic carbocycles. The van der Waals surface area contributed by atoms with Gasteiger partial charge in [0.1, 0.15) is 5.56 Å². The van der Waals surface area contributed by atoms with Crippen LogP contribution in [0.15, 0.2) is 6.20 Å². The highest BCUT2D eigenvalue weighted by Crippen LogP contribution is 2.19. The van der Waals surface area contributed by atoms with E-state index in [-0.39, 0.29) is 5.91 Å². The summed E-state index contributed by atoms with van der Waals surface area (Å²) >= 11 is 0. The summed E-state index contributed by atoms with van der Waals surface area (Å²) in [5, 5.41) is 4.25. The van der Waals surface area contributed by atoms with Crippen LogP contribution in [0.25, 0.3) is 0 Å². The molecule has 2 heterocycles. The van der Waals surface area contributed by atoms with Crippen LogP contribution >= 0.6 is 0 Å². The molecular formula is C12H19N3O3. The van der Waals surface area contributed by atoms with Crippen LogP contribution in [0.3, 0.4) is 0 Å². The Kier molecular flexibility index (Phi) is 4.19. The number of aryl methyl sites for hydroxylation is 1. The van der Waals surface area contributed by atoms with E-state index < -0.39 is 0 Å². The van der Waals surface area contributed by atoms with Crippen molar-refractivity contribution in [3.8, 4) is 5.88 Å². The number of nitrogens with zero attached hydrogens (tertiary/aromatic N) is 3. The number of amides is 1. The van der Waals surface area contributed by atoms with Gasteiger partial charge in [0.2, 0.25) is 5.88 Å².